The molecule has 1 atom stereocenters. The highest BCUT2D eigenvalue weighted by Gasteiger charge is 2.17. The molecule has 0 amide bonds. The van der Waals surface area contributed by atoms with E-state index in [0.717, 1.165) is 4.47 Å². The maximum absolute atomic E-state index is 3.41. The van der Waals surface area contributed by atoms with Crippen molar-refractivity contribution in [2.75, 3.05) is 6.54 Å². The molecule has 0 radical (unpaired) electrons. The summed E-state index contributed by atoms with van der Waals surface area (Å²) in [5, 5.41) is 3.37. The molecule has 1 fully saturated rings. The van der Waals surface area contributed by atoms with Crippen LogP contribution in [0.1, 0.15) is 18.0 Å². The first-order valence-corrected chi connectivity index (χ1v) is 4.64. The first-order valence-electron chi connectivity index (χ1n) is 3.85. The van der Waals surface area contributed by atoms with Gasteiger partial charge >= 0.3 is 0 Å². The maximum atomic E-state index is 3.41. The van der Waals surface area contributed by atoms with Crippen LogP contribution in [0.4, 0.5) is 0 Å². The minimum Gasteiger partial charge on any atom is -0.310 e. The highest BCUT2D eigenvalue weighted by atomic mass is 79.9. The van der Waals surface area contributed by atoms with Crippen LogP contribution in [0.5, 0.6) is 0 Å². The molecule has 1 aromatic rings. The van der Waals surface area contributed by atoms with E-state index in [1.165, 1.54) is 18.5 Å². The van der Waals surface area contributed by atoms with E-state index in [-0.39, 0.29) is 12.4 Å². The first-order chi connectivity index (χ1) is 5.36. The summed E-state index contributed by atoms with van der Waals surface area (Å²) in [5.41, 5.74) is 1.40. The quantitative estimate of drug-likeness (QED) is 0.806. The number of hydrogen-bond acceptors (Lipinski definition) is 1. The first kappa shape index (κ1) is 10.0. The lowest BCUT2D eigenvalue weighted by molar-refractivity contribution is 0.383. The van der Waals surface area contributed by atoms with E-state index in [0.29, 0.717) is 6.04 Å². The van der Waals surface area contributed by atoms with Crippen LogP contribution >= 0.6 is 28.3 Å². The zero-order valence-electron chi connectivity index (χ0n) is 6.59. The van der Waals surface area contributed by atoms with E-state index in [2.05, 4.69) is 45.5 Å². The fourth-order valence-electron chi connectivity index (χ4n) is 1.27. The number of nitrogens with one attached hydrogen (secondary N) is 1. The fourth-order valence-corrected chi connectivity index (χ4v) is 1.53. The van der Waals surface area contributed by atoms with Gasteiger partial charge in [-0.05, 0) is 30.7 Å². The molecule has 0 aromatic heterocycles. The molecule has 0 bridgehead atoms. The summed E-state index contributed by atoms with van der Waals surface area (Å²) in [7, 11) is 0. The molecule has 1 aliphatic rings. The third-order valence-corrected chi connectivity index (χ3v) is 2.62. The molecule has 1 saturated heterocycles. The van der Waals surface area contributed by atoms with Crippen molar-refractivity contribution in [2.45, 2.75) is 12.5 Å². The van der Waals surface area contributed by atoms with Crippen LogP contribution in [-0.4, -0.2) is 6.54 Å². The van der Waals surface area contributed by atoms with Crippen LogP contribution in [0.15, 0.2) is 28.7 Å². The van der Waals surface area contributed by atoms with Crippen molar-refractivity contribution in [2.24, 2.45) is 0 Å². The largest absolute Gasteiger partial charge is 0.310 e. The van der Waals surface area contributed by atoms with E-state index < -0.39 is 0 Å². The average Bonchev–Trinajstić information content (AvgIpc) is 1.90. The molecule has 2 rings (SSSR count). The highest BCUT2D eigenvalue weighted by molar-refractivity contribution is 9.10. The standard InChI is InChI=1S/C9H10BrN.ClH/c10-8-3-1-7(2-4-8)9-5-6-11-9;/h1-4,9,11H,5-6H2;1H/t9-;/m0./s1. The fraction of sp³-hybridized carbons (Fsp3) is 0.333. The van der Waals surface area contributed by atoms with Crippen LogP contribution in [-0.2, 0) is 0 Å². The Labute approximate surface area is 87.1 Å². The highest BCUT2D eigenvalue weighted by Crippen LogP contribution is 2.23. The van der Waals surface area contributed by atoms with E-state index in [4.69, 9.17) is 0 Å². The van der Waals surface area contributed by atoms with Gasteiger partial charge in [0.25, 0.3) is 0 Å². The van der Waals surface area contributed by atoms with Crippen LogP contribution in [0.25, 0.3) is 0 Å². The molecule has 1 aliphatic heterocycles. The van der Waals surface area contributed by atoms with Crippen LogP contribution in [0.2, 0.25) is 0 Å². The average molecular weight is 249 g/mol. The predicted molar refractivity (Wildman–Crippen MR) is 56.8 cm³/mol. The predicted octanol–water partition coefficient (Wildman–Crippen LogP) is 2.91. The van der Waals surface area contributed by atoms with Gasteiger partial charge in [0.1, 0.15) is 0 Å². The van der Waals surface area contributed by atoms with Crippen molar-refractivity contribution in [1.29, 1.82) is 0 Å². The lowest BCUT2D eigenvalue weighted by Crippen LogP contribution is -2.34. The van der Waals surface area contributed by atoms with Gasteiger partial charge < -0.3 is 5.32 Å². The van der Waals surface area contributed by atoms with Gasteiger partial charge in [-0.25, -0.2) is 0 Å². The lowest BCUT2D eigenvalue weighted by Gasteiger charge is -2.27. The summed E-state index contributed by atoms with van der Waals surface area (Å²) in [5.74, 6) is 0. The monoisotopic (exact) mass is 247 g/mol. The Bertz CT molecular complexity index is 243. The molecular formula is C9H11BrClN. The van der Waals surface area contributed by atoms with Gasteiger partial charge in [-0.1, -0.05) is 28.1 Å². The molecule has 1 N–H and O–H groups in total. The Morgan fingerprint density at radius 1 is 1.25 bits per heavy atom. The topological polar surface area (TPSA) is 12.0 Å². The normalized spacial score (nSPS) is 20.9. The van der Waals surface area contributed by atoms with Crippen LogP contribution in [0.3, 0.4) is 0 Å². The van der Waals surface area contributed by atoms with E-state index >= 15 is 0 Å². The van der Waals surface area contributed by atoms with Gasteiger partial charge in [0.2, 0.25) is 0 Å². The van der Waals surface area contributed by atoms with Crippen molar-refractivity contribution >= 4 is 28.3 Å². The third kappa shape index (κ3) is 2.00. The van der Waals surface area contributed by atoms with Gasteiger partial charge in [0.15, 0.2) is 0 Å². The van der Waals surface area contributed by atoms with Gasteiger partial charge in [-0.2, -0.15) is 0 Å². The molecule has 66 valence electrons. The smallest absolute Gasteiger partial charge is 0.0332 e. The molecule has 12 heavy (non-hydrogen) atoms. The second-order valence-electron chi connectivity index (χ2n) is 2.85. The van der Waals surface area contributed by atoms with Crippen molar-refractivity contribution in [3.8, 4) is 0 Å². The molecule has 1 nitrogen and oxygen atoms in total. The lowest BCUT2D eigenvalue weighted by atomic mass is 9.98. The zero-order chi connectivity index (χ0) is 7.68. The Morgan fingerprint density at radius 2 is 1.83 bits per heavy atom. The second kappa shape index (κ2) is 4.26. The Hall–Kier alpha value is -0.0500. The summed E-state index contributed by atoms with van der Waals surface area (Å²) in [6, 6.07) is 9.13. The minimum atomic E-state index is 0. The second-order valence-corrected chi connectivity index (χ2v) is 3.76. The molecule has 0 unspecified atom stereocenters. The zero-order valence-corrected chi connectivity index (χ0v) is 8.99. The molecule has 3 heteroatoms. The van der Waals surface area contributed by atoms with Crippen LogP contribution in [0, 0.1) is 0 Å². The van der Waals surface area contributed by atoms with Crippen molar-refractivity contribution in [3.63, 3.8) is 0 Å². The third-order valence-electron chi connectivity index (χ3n) is 2.10. The van der Waals surface area contributed by atoms with Crippen molar-refractivity contribution in [1.82, 2.24) is 5.32 Å². The number of hydrogen-bond donors (Lipinski definition) is 1. The molecule has 0 aliphatic carbocycles. The van der Waals surface area contributed by atoms with Crippen molar-refractivity contribution in [3.05, 3.63) is 34.3 Å². The molecular weight excluding hydrogens is 237 g/mol. The molecule has 1 heterocycles. The number of halogens is 2. The van der Waals surface area contributed by atoms with Crippen molar-refractivity contribution < 1.29 is 0 Å². The summed E-state index contributed by atoms with van der Waals surface area (Å²) in [4.78, 5) is 0. The van der Waals surface area contributed by atoms with E-state index in [1.54, 1.807) is 0 Å². The summed E-state index contributed by atoms with van der Waals surface area (Å²) >= 11 is 3.41. The molecule has 0 spiro atoms. The Morgan fingerprint density at radius 3 is 2.25 bits per heavy atom. The summed E-state index contributed by atoms with van der Waals surface area (Å²) in [6.45, 7) is 1.17. The van der Waals surface area contributed by atoms with Crippen LogP contribution < -0.4 is 5.32 Å². The number of rotatable bonds is 1. The van der Waals surface area contributed by atoms with Gasteiger partial charge in [-0.15, -0.1) is 12.4 Å². The maximum Gasteiger partial charge on any atom is 0.0332 e. The summed E-state index contributed by atoms with van der Waals surface area (Å²) < 4.78 is 1.15. The molecule has 0 saturated carbocycles. The van der Waals surface area contributed by atoms with Gasteiger partial charge in [-0.3, -0.25) is 0 Å². The van der Waals surface area contributed by atoms with Gasteiger partial charge in [0, 0.05) is 10.5 Å². The van der Waals surface area contributed by atoms with E-state index in [1.807, 2.05) is 0 Å². The Kier molecular flexibility index (Phi) is 3.56. The minimum absolute atomic E-state index is 0. The molecule has 1 aromatic carbocycles. The Balaban J connectivity index is 0.000000720. The van der Waals surface area contributed by atoms with E-state index in [9.17, 15) is 0 Å². The summed E-state index contributed by atoms with van der Waals surface area (Å²) in [6.07, 6.45) is 1.28. The SMILES string of the molecule is Brc1ccc([C@@H]2CCN2)cc1.Cl. The van der Waals surface area contributed by atoms with Gasteiger partial charge in [0.05, 0.1) is 0 Å². The number of benzene rings is 1.